The van der Waals surface area contributed by atoms with Crippen molar-refractivity contribution in [2.24, 2.45) is 0 Å². The molecule has 0 bridgehead atoms. The SMILES string of the molecule is O=C1OC(Nc2ccc(SC3CC(=O)N(c4ccc(Br)cc4)C3=O)cc2)c2ccccc21. The fourth-order valence-corrected chi connectivity index (χ4v) is 5.07. The average Bonchev–Trinajstić information content (AvgIpc) is 3.26. The standard InChI is InChI=1S/C24H17BrN2O4S/c25-14-5-9-16(10-6-14)27-21(28)13-20(23(27)29)32-17-11-7-15(8-12-17)26-22-18-3-1-2-4-19(18)24(30)31-22/h1-12,20,22,26H,13H2. The number of esters is 1. The van der Waals surface area contributed by atoms with E-state index in [0.29, 0.717) is 11.3 Å². The van der Waals surface area contributed by atoms with E-state index in [4.69, 9.17) is 4.74 Å². The molecule has 0 radical (unpaired) electrons. The third kappa shape index (κ3) is 3.91. The quantitative estimate of drug-likeness (QED) is 0.379. The highest BCUT2D eigenvalue weighted by Crippen LogP contribution is 2.36. The van der Waals surface area contributed by atoms with Crippen molar-refractivity contribution in [2.75, 3.05) is 10.2 Å². The van der Waals surface area contributed by atoms with Gasteiger partial charge in [0.15, 0.2) is 0 Å². The Labute approximate surface area is 197 Å². The van der Waals surface area contributed by atoms with Crippen molar-refractivity contribution in [2.45, 2.75) is 22.8 Å². The molecule has 0 spiro atoms. The van der Waals surface area contributed by atoms with Crippen LogP contribution in [0.25, 0.3) is 0 Å². The molecule has 0 aromatic heterocycles. The van der Waals surface area contributed by atoms with Crippen LogP contribution >= 0.6 is 27.7 Å². The predicted octanol–water partition coefficient (Wildman–Crippen LogP) is 5.15. The van der Waals surface area contributed by atoms with E-state index in [0.717, 1.165) is 20.6 Å². The molecule has 2 unspecified atom stereocenters. The summed E-state index contributed by atoms with van der Waals surface area (Å²) in [5, 5.41) is 2.75. The van der Waals surface area contributed by atoms with Crippen molar-refractivity contribution >= 4 is 56.9 Å². The Morgan fingerprint density at radius 3 is 2.41 bits per heavy atom. The highest BCUT2D eigenvalue weighted by molar-refractivity contribution is 9.10. The van der Waals surface area contributed by atoms with E-state index in [2.05, 4.69) is 21.2 Å². The number of hydrogen-bond donors (Lipinski definition) is 1. The summed E-state index contributed by atoms with van der Waals surface area (Å²) in [6, 6.07) is 21.9. The first-order valence-electron chi connectivity index (χ1n) is 9.95. The number of rotatable bonds is 5. The number of ether oxygens (including phenoxy) is 1. The average molecular weight is 509 g/mol. The maximum Gasteiger partial charge on any atom is 0.340 e. The number of benzene rings is 3. The largest absolute Gasteiger partial charge is 0.434 e. The van der Waals surface area contributed by atoms with E-state index >= 15 is 0 Å². The minimum absolute atomic E-state index is 0.161. The first-order chi connectivity index (χ1) is 15.5. The van der Waals surface area contributed by atoms with Crippen molar-refractivity contribution in [3.63, 3.8) is 0 Å². The Balaban J connectivity index is 1.25. The number of halogens is 1. The lowest BCUT2D eigenvalue weighted by molar-refractivity contribution is -0.121. The second-order valence-corrected chi connectivity index (χ2v) is 9.59. The molecule has 2 amide bonds. The minimum atomic E-state index is -0.536. The molecule has 8 heteroatoms. The van der Waals surface area contributed by atoms with Gasteiger partial charge in [-0.2, -0.15) is 0 Å². The minimum Gasteiger partial charge on any atom is -0.434 e. The molecule has 3 aromatic rings. The number of anilines is 2. The number of cyclic esters (lactones) is 1. The maximum atomic E-state index is 12.9. The van der Waals surface area contributed by atoms with Crippen LogP contribution in [0.2, 0.25) is 0 Å². The predicted molar refractivity (Wildman–Crippen MR) is 126 cm³/mol. The monoisotopic (exact) mass is 508 g/mol. The van der Waals surface area contributed by atoms with Crippen molar-refractivity contribution in [3.05, 3.63) is 88.4 Å². The molecule has 2 atom stereocenters. The Morgan fingerprint density at radius 2 is 1.66 bits per heavy atom. The van der Waals surface area contributed by atoms with Gasteiger partial charge in [0, 0.05) is 27.0 Å². The molecule has 2 aliphatic heterocycles. The summed E-state index contributed by atoms with van der Waals surface area (Å²) in [7, 11) is 0. The summed E-state index contributed by atoms with van der Waals surface area (Å²) < 4.78 is 6.30. The molecule has 0 aliphatic carbocycles. The lowest BCUT2D eigenvalue weighted by Crippen LogP contribution is -2.31. The molecule has 32 heavy (non-hydrogen) atoms. The molecule has 6 nitrogen and oxygen atoms in total. The summed E-state index contributed by atoms with van der Waals surface area (Å²) in [5.41, 5.74) is 2.74. The lowest BCUT2D eigenvalue weighted by atomic mass is 10.1. The number of nitrogens with zero attached hydrogens (tertiary/aromatic N) is 1. The zero-order valence-electron chi connectivity index (χ0n) is 16.7. The second-order valence-electron chi connectivity index (χ2n) is 7.40. The zero-order valence-corrected chi connectivity index (χ0v) is 19.1. The lowest BCUT2D eigenvalue weighted by Gasteiger charge is -2.16. The third-order valence-electron chi connectivity index (χ3n) is 5.31. The summed E-state index contributed by atoms with van der Waals surface area (Å²) in [4.78, 5) is 39.5. The molecule has 0 saturated carbocycles. The van der Waals surface area contributed by atoms with Gasteiger partial charge in [0.25, 0.3) is 0 Å². The molecular formula is C24H17BrN2O4S. The smallest absolute Gasteiger partial charge is 0.340 e. The normalized spacial score (nSPS) is 19.8. The third-order valence-corrected chi connectivity index (χ3v) is 7.03. The van der Waals surface area contributed by atoms with Gasteiger partial charge in [0.1, 0.15) is 0 Å². The number of carbonyl (C=O) groups is 3. The maximum absolute atomic E-state index is 12.9. The molecule has 5 rings (SSSR count). The van der Waals surface area contributed by atoms with Gasteiger partial charge in [-0.25, -0.2) is 9.69 Å². The van der Waals surface area contributed by atoms with Gasteiger partial charge in [0.05, 0.1) is 16.5 Å². The molecule has 2 aliphatic rings. The number of thioether (sulfide) groups is 1. The van der Waals surface area contributed by atoms with Crippen LogP contribution in [0.4, 0.5) is 11.4 Å². The molecule has 1 saturated heterocycles. The van der Waals surface area contributed by atoms with Crippen molar-refractivity contribution in [1.29, 1.82) is 0 Å². The van der Waals surface area contributed by atoms with Gasteiger partial charge < -0.3 is 10.1 Å². The molecule has 1 fully saturated rings. The van der Waals surface area contributed by atoms with Gasteiger partial charge >= 0.3 is 5.97 Å². The van der Waals surface area contributed by atoms with Crippen LogP contribution in [-0.4, -0.2) is 23.0 Å². The number of fused-ring (bicyclic) bond motifs is 1. The Kier molecular flexibility index (Phi) is 5.48. The van der Waals surface area contributed by atoms with Gasteiger partial charge in [-0.15, -0.1) is 11.8 Å². The van der Waals surface area contributed by atoms with Crippen molar-refractivity contribution in [3.8, 4) is 0 Å². The number of carbonyl (C=O) groups excluding carboxylic acids is 3. The number of amides is 2. The Hall–Kier alpha value is -3.10. The number of imide groups is 1. The van der Waals surface area contributed by atoms with Crippen LogP contribution in [0, 0.1) is 0 Å². The summed E-state index contributed by atoms with van der Waals surface area (Å²) in [6.07, 6.45) is -0.375. The van der Waals surface area contributed by atoms with Gasteiger partial charge in [-0.05, 0) is 54.6 Å². The topological polar surface area (TPSA) is 75.7 Å². The van der Waals surface area contributed by atoms with Gasteiger partial charge in [-0.3, -0.25) is 9.59 Å². The summed E-state index contributed by atoms with van der Waals surface area (Å²) in [6.45, 7) is 0. The highest BCUT2D eigenvalue weighted by Gasteiger charge is 2.40. The molecule has 3 aromatic carbocycles. The van der Waals surface area contributed by atoms with Crippen LogP contribution in [0.5, 0.6) is 0 Å². The Bertz CT molecular complexity index is 1210. The molecular weight excluding hydrogens is 492 g/mol. The van der Waals surface area contributed by atoms with E-state index in [9.17, 15) is 14.4 Å². The zero-order chi connectivity index (χ0) is 22.2. The van der Waals surface area contributed by atoms with Crippen molar-refractivity contribution in [1.82, 2.24) is 0 Å². The van der Waals surface area contributed by atoms with Crippen LogP contribution < -0.4 is 10.2 Å². The van der Waals surface area contributed by atoms with Crippen molar-refractivity contribution < 1.29 is 19.1 Å². The highest BCUT2D eigenvalue weighted by atomic mass is 79.9. The number of hydrogen-bond acceptors (Lipinski definition) is 6. The van der Waals surface area contributed by atoms with E-state index in [1.807, 2.05) is 48.5 Å². The molecule has 2 heterocycles. The Morgan fingerprint density at radius 1 is 0.938 bits per heavy atom. The molecule has 1 N–H and O–H groups in total. The number of nitrogens with one attached hydrogen (secondary N) is 1. The van der Waals surface area contributed by atoms with E-state index in [-0.39, 0.29) is 24.2 Å². The molecule has 160 valence electrons. The second kappa shape index (κ2) is 8.44. The van der Waals surface area contributed by atoms with Crippen LogP contribution in [0.1, 0.15) is 28.6 Å². The van der Waals surface area contributed by atoms with Gasteiger partial charge in [0.2, 0.25) is 18.0 Å². The van der Waals surface area contributed by atoms with E-state index < -0.39 is 11.5 Å². The van der Waals surface area contributed by atoms with E-state index in [1.165, 1.54) is 16.7 Å². The van der Waals surface area contributed by atoms with Crippen LogP contribution in [0.15, 0.2) is 82.2 Å². The first-order valence-corrected chi connectivity index (χ1v) is 11.6. The van der Waals surface area contributed by atoms with Crippen LogP contribution in [0.3, 0.4) is 0 Å². The fourth-order valence-electron chi connectivity index (χ4n) is 3.76. The van der Waals surface area contributed by atoms with Crippen LogP contribution in [-0.2, 0) is 14.3 Å². The first kappa shape index (κ1) is 20.8. The van der Waals surface area contributed by atoms with E-state index in [1.54, 1.807) is 24.3 Å². The fraction of sp³-hybridized carbons (Fsp3) is 0.125. The van der Waals surface area contributed by atoms with Gasteiger partial charge in [-0.1, -0.05) is 34.1 Å². The summed E-state index contributed by atoms with van der Waals surface area (Å²) >= 11 is 4.73. The summed E-state index contributed by atoms with van der Waals surface area (Å²) in [5.74, 6) is -0.751.